The van der Waals surface area contributed by atoms with Gasteiger partial charge in [-0.3, -0.25) is 4.79 Å². The van der Waals surface area contributed by atoms with E-state index >= 15 is 0 Å². The first-order chi connectivity index (χ1) is 8.52. The van der Waals surface area contributed by atoms with Gasteiger partial charge < -0.3 is 5.73 Å². The highest BCUT2D eigenvalue weighted by molar-refractivity contribution is 6.11. The van der Waals surface area contributed by atoms with E-state index in [-0.39, 0.29) is 5.78 Å². The van der Waals surface area contributed by atoms with Crippen LogP contribution in [0.25, 0.3) is 0 Å². The van der Waals surface area contributed by atoms with Crippen molar-refractivity contribution >= 4 is 11.5 Å². The quantitative estimate of drug-likeness (QED) is 0.644. The average molecular weight is 239 g/mol. The van der Waals surface area contributed by atoms with Crippen LogP contribution in [0.5, 0.6) is 0 Å². The van der Waals surface area contributed by atoms with Crippen LogP contribution in [-0.4, -0.2) is 5.78 Å². The van der Waals surface area contributed by atoms with Gasteiger partial charge in [0.15, 0.2) is 5.78 Å². The molecule has 0 amide bonds. The zero-order valence-corrected chi connectivity index (χ0v) is 10.9. The Morgan fingerprint density at radius 1 is 1.00 bits per heavy atom. The Hall–Kier alpha value is -2.09. The second kappa shape index (κ2) is 4.65. The average Bonchev–Trinajstić information content (AvgIpc) is 2.37. The summed E-state index contributed by atoms with van der Waals surface area (Å²) in [6, 6.07) is 11.3. The SMILES string of the molecule is Cc1cc(C)c(C(=O)c2ccccc2)c(C)c1N. The van der Waals surface area contributed by atoms with Crippen molar-refractivity contribution in [1.29, 1.82) is 0 Å². The molecule has 2 aromatic carbocycles. The molecule has 2 aromatic rings. The molecule has 0 aliphatic rings. The molecule has 0 aliphatic heterocycles. The monoisotopic (exact) mass is 239 g/mol. The maximum Gasteiger partial charge on any atom is 0.193 e. The normalized spacial score (nSPS) is 10.4. The molecule has 2 N–H and O–H groups in total. The Morgan fingerprint density at radius 2 is 1.61 bits per heavy atom. The molecule has 0 aliphatic carbocycles. The van der Waals surface area contributed by atoms with Crippen molar-refractivity contribution in [2.24, 2.45) is 0 Å². The number of carbonyl (C=O) groups excluding carboxylic acids is 1. The lowest BCUT2D eigenvalue weighted by Crippen LogP contribution is -2.09. The third-order valence-electron chi connectivity index (χ3n) is 3.29. The maximum absolute atomic E-state index is 12.5. The molecule has 2 heteroatoms. The molecular weight excluding hydrogens is 222 g/mol. The van der Waals surface area contributed by atoms with Gasteiger partial charge in [-0.1, -0.05) is 36.4 Å². The Kier molecular flexibility index (Phi) is 3.19. The highest BCUT2D eigenvalue weighted by atomic mass is 16.1. The van der Waals surface area contributed by atoms with E-state index in [9.17, 15) is 4.79 Å². The molecule has 0 radical (unpaired) electrons. The van der Waals surface area contributed by atoms with Gasteiger partial charge in [0.1, 0.15) is 0 Å². The molecule has 0 bridgehead atoms. The van der Waals surface area contributed by atoms with E-state index in [0.717, 1.165) is 22.3 Å². The molecule has 0 heterocycles. The summed E-state index contributed by atoms with van der Waals surface area (Å²) in [6.45, 7) is 5.83. The number of hydrogen-bond donors (Lipinski definition) is 1. The Labute approximate surface area is 107 Å². The topological polar surface area (TPSA) is 43.1 Å². The van der Waals surface area contributed by atoms with Gasteiger partial charge in [0.25, 0.3) is 0 Å². The summed E-state index contributed by atoms with van der Waals surface area (Å²) < 4.78 is 0. The third-order valence-corrected chi connectivity index (χ3v) is 3.29. The van der Waals surface area contributed by atoms with Crippen molar-refractivity contribution < 1.29 is 4.79 Å². The summed E-state index contributed by atoms with van der Waals surface area (Å²) in [5.74, 6) is 0.0392. The molecule has 0 saturated heterocycles. The van der Waals surface area contributed by atoms with Crippen LogP contribution in [0.2, 0.25) is 0 Å². The molecule has 0 unspecified atom stereocenters. The first-order valence-electron chi connectivity index (χ1n) is 5.98. The fourth-order valence-electron chi connectivity index (χ4n) is 2.28. The summed E-state index contributed by atoms with van der Waals surface area (Å²) in [5, 5.41) is 0. The highest BCUT2D eigenvalue weighted by Crippen LogP contribution is 2.26. The zero-order valence-electron chi connectivity index (χ0n) is 10.9. The van der Waals surface area contributed by atoms with Crippen molar-refractivity contribution in [2.45, 2.75) is 20.8 Å². The number of benzene rings is 2. The van der Waals surface area contributed by atoms with Crippen LogP contribution < -0.4 is 5.73 Å². The fraction of sp³-hybridized carbons (Fsp3) is 0.188. The summed E-state index contributed by atoms with van der Waals surface area (Å²) >= 11 is 0. The van der Waals surface area contributed by atoms with E-state index in [0.29, 0.717) is 11.3 Å². The molecule has 18 heavy (non-hydrogen) atoms. The number of hydrogen-bond acceptors (Lipinski definition) is 2. The predicted molar refractivity (Wildman–Crippen MR) is 74.9 cm³/mol. The van der Waals surface area contributed by atoms with Crippen LogP contribution in [0.15, 0.2) is 36.4 Å². The van der Waals surface area contributed by atoms with Crippen LogP contribution in [0.3, 0.4) is 0 Å². The van der Waals surface area contributed by atoms with Crippen molar-refractivity contribution in [1.82, 2.24) is 0 Å². The smallest absolute Gasteiger partial charge is 0.193 e. The van der Waals surface area contributed by atoms with E-state index in [2.05, 4.69) is 0 Å². The van der Waals surface area contributed by atoms with Gasteiger partial charge in [-0.05, 0) is 37.5 Å². The van der Waals surface area contributed by atoms with Crippen LogP contribution >= 0.6 is 0 Å². The largest absolute Gasteiger partial charge is 0.398 e. The maximum atomic E-state index is 12.5. The summed E-state index contributed by atoms with van der Waals surface area (Å²) in [5.41, 5.74) is 11.0. The van der Waals surface area contributed by atoms with Gasteiger partial charge in [0.2, 0.25) is 0 Å². The van der Waals surface area contributed by atoms with Gasteiger partial charge in [0, 0.05) is 16.8 Å². The number of nitrogen functional groups attached to an aromatic ring is 1. The summed E-state index contributed by atoms with van der Waals surface area (Å²) in [6.07, 6.45) is 0. The van der Waals surface area contributed by atoms with Crippen molar-refractivity contribution in [2.75, 3.05) is 5.73 Å². The van der Waals surface area contributed by atoms with Crippen LogP contribution in [0.1, 0.15) is 32.6 Å². The lowest BCUT2D eigenvalue weighted by Gasteiger charge is -2.13. The van der Waals surface area contributed by atoms with Gasteiger partial charge in [-0.15, -0.1) is 0 Å². The number of nitrogens with two attached hydrogens (primary N) is 1. The van der Waals surface area contributed by atoms with E-state index < -0.39 is 0 Å². The number of aryl methyl sites for hydroxylation is 2. The standard InChI is InChI=1S/C16H17NO/c1-10-9-11(2)15(17)12(3)14(10)16(18)13-7-5-4-6-8-13/h4-9H,17H2,1-3H3. The van der Waals surface area contributed by atoms with Crippen molar-refractivity contribution in [3.05, 3.63) is 64.2 Å². The lowest BCUT2D eigenvalue weighted by atomic mass is 9.92. The Morgan fingerprint density at radius 3 is 2.22 bits per heavy atom. The Balaban J connectivity index is 2.59. The summed E-state index contributed by atoms with van der Waals surface area (Å²) in [7, 11) is 0. The van der Waals surface area contributed by atoms with Gasteiger partial charge >= 0.3 is 0 Å². The third kappa shape index (κ3) is 2.02. The molecule has 2 rings (SSSR count). The minimum atomic E-state index is 0.0392. The van der Waals surface area contributed by atoms with Crippen LogP contribution in [0, 0.1) is 20.8 Å². The van der Waals surface area contributed by atoms with E-state index in [4.69, 9.17) is 5.73 Å². The summed E-state index contributed by atoms with van der Waals surface area (Å²) in [4.78, 5) is 12.5. The van der Waals surface area contributed by atoms with E-state index in [1.54, 1.807) is 0 Å². The van der Waals surface area contributed by atoms with Gasteiger partial charge in [-0.25, -0.2) is 0 Å². The van der Waals surface area contributed by atoms with Crippen molar-refractivity contribution in [3.63, 3.8) is 0 Å². The predicted octanol–water partition coefficient (Wildman–Crippen LogP) is 3.43. The molecule has 2 nitrogen and oxygen atoms in total. The van der Waals surface area contributed by atoms with Crippen LogP contribution in [0.4, 0.5) is 5.69 Å². The molecular formula is C16H17NO. The molecule has 0 atom stereocenters. The van der Waals surface area contributed by atoms with Crippen molar-refractivity contribution in [3.8, 4) is 0 Å². The highest BCUT2D eigenvalue weighted by Gasteiger charge is 2.16. The molecule has 0 saturated carbocycles. The number of anilines is 1. The Bertz CT molecular complexity index is 600. The molecule has 0 fully saturated rings. The zero-order chi connectivity index (χ0) is 13.3. The second-order valence-corrected chi connectivity index (χ2v) is 4.62. The first kappa shape index (κ1) is 12.4. The lowest BCUT2D eigenvalue weighted by molar-refractivity contribution is 0.103. The van der Waals surface area contributed by atoms with E-state index in [1.807, 2.05) is 57.2 Å². The van der Waals surface area contributed by atoms with Gasteiger partial charge in [0.05, 0.1) is 0 Å². The second-order valence-electron chi connectivity index (χ2n) is 4.62. The number of ketones is 1. The molecule has 92 valence electrons. The molecule has 0 aromatic heterocycles. The fourth-order valence-corrected chi connectivity index (χ4v) is 2.28. The van der Waals surface area contributed by atoms with Crippen LogP contribution in [-0.2, 0) is 0 Å². The minimum Gasteiger partial charge on any atom is -0.398 e. The number of rotatable bonds is 2. The molecule has 0 spiro atoms. The van der Waals surface area contributed by atoms with E-state index in [1.165, 1.54) is 0 Å². The number of carbonyl (C=O) groups is 1. The minimum absolute atomic E-state index is 0.0392. The van der Waals surface area contributed by atoms with Gasteiger partial charge in [-0.2, -0.15) is 0 Å². The first-order valence-corrected chi connectivity index (χ1v) is 5.98.